The Balaban J connectivity index is 1.02. The van der Waals surface area contributed by atoms with Crippen LogP contribution in [-0.2, 0) is 5.41 Å². The molecule has 0 radical (unpaired) electrons. The van der Waals surface area contributed by atoms with Gasteiger partial charge in [0.25, 0.3) is 23.6 Å². The summed E-state index contributed by atoms with van der Waals surface area (Å²) in [7, 11) is 0. The number of fused-ring (bicyclic) bond motifs is 2. The molecule has 0 bridgehead atoms. The van der Waals surface area contributed by atoms with E-state index < -0.39 is 5.54 Å². The number of ether oxygens (including phenoxy) is 2. The minimum Gasteiger partial charge on any atom is -0.457 e. The van der Waals surface area contributed by atoms with Crippen molar-refractivity contribution in [3.63, 3.8) is 0 Å². The molecule has 5 aromatic carbocycles. The zero-order valence-electron chi connectivity index (χ0n) is 30.3. The third-order valence-electron chi connectivity index (χ3n) is 9.83. The van der Waals surface area contributed by atoms with Crippen LogP contribution in [0.3, 0.4) is 0 Å². The summed E-state index contributed by atoms with van der Waals surface area (Å²) < 4.78 is 12.2. The van der Waals surface area contributed by atoms with Crippen molar-refractivity contribution in [2.45, 2.75) is 65.3 Å². The van der Waals surface area contributed by atoms with Crippen LogP contribution in [0.2, 0.25) is 0 Å². The number of rotatable bonds is 8. The van der Waals surface area contributed by atoms with E-state index in [0.717, 1.165) is 16.7 Å². The molecule has 2 aliphatic heterocycles. The Morgan fingerprint density at radius 1 is 0.481 bits per heavy atom. The van der Waals surface area contributed by atoms with Crippen molar-refractivity contribution in [2.24, 2.45) is 0 Å². The molecule has 8 nitrogen and oxygen atoms in total. The molecule has 0 aliphatic carbocycles. The largest absolute Gasteiger partial charge is 0.457 e. The second kappa shape index (κ2) is 12.6. The number of amides is 4. The lowest BCUT2D eigenvalue weighted by Gasteiger charge is -2.29. The molecule has 8 heteroatoms. The standard InChI is InChI=1S/C44H40N2O6/c1-26(2)27-8-14-30(15-9-27)45-39(47)35-22-20-33(24-37(35)40(45)48)51-31-16-10-28(11-17-31)44(6,7)29-12-18-32(19-13-29)52-34-21-23-36-38(25-34)42(50)46(41(36)49)43(3,4)5/h8-26H,1-7H3. The molecule has 2 aliphatic rings. The molecule has 0 unspecified atom stereocenters. The third-order valence-corrected chi connectivity index (χ3v) is 9.83. The Hall–Kier alpha value is -6.02. The van der Waals surface area contributed by atoms with Gasteiger partial charge in [-0.05, 0) is 116 Å². The molecule has 5 aromatic rings. The van der Waals surface area contributed by atoms with Crippen LogP contribution in [0.15, 0.2) is 109 Å². The fraction of sp³-hybridized carbons (Fsp3) is 0.227. The van der Waals surface area contributed by atoms with Crippen molar-refractivity contribution in [1.82, 2.24) is 4.90 Å². The Bertz CT molecular complexity index is 2250. The first-order valence-corrected chi connectivity index (χ1v) is 17.4. The lowest BCUT2D eigenvalue weighted by atomic mass is 9.78. The smallest absolute Gasteiger partial charge is 0.266 e. The molecule has 2 heterocycles. The van der Waals surface area contributed by atoms with Gasteiger partial charge in [0.15, 0.2) is 0 Å². The fourth-order valence-corrected chi connectivity index (χ4v) is 6.74. The number of anilines is 1. The van der Waals surface area contributed by atoms with Crippen molar-refractivity contribution in [3.8, 4) is 23.0 Å². The van der Waals surface area contributed by atoms with Gasteiger partial charge in [-0.25, -0.2) is 4.90 Å². The summed E-state index contributed by atoms with van der Waals surface area (Å²) in [6.07, 6.45) is 0. The molecule has 0 saturated carbocycles. The highest BCUT2D eigenvalue weighted by Crippen LogP contribution is 2.37. The monoisotopic (exact) mass is 692 g/mol. The summed E-state index contributed by atoms with van der Waals surface area (Å²) in [6, 6.07) is 33.0. The van der Waals surface area contributed by atoms with Crippen molar-refractivity contribution in [2.75, 3.05) is 4.90 Å². The van der Waals surface area contributed by atoms with Gasteiger partial charge in [-0.2, -0.15) is 0 Å². The van der Waals surface area contributed by atoms with E-state index in [0.29, 0.717) is 56.9 Å². The van der Waals surface area contributed by atoms with E-state index in [-0.39, 0.29) is 29.0 Å². The normalized spacial score (nSPS) is 14.3. The zero-order valence-corrected chi connectivity index (χ0v) is 30.3. The highest BCUT2D eigenvalue weighted by atomic mass is 16.5. The molecule has 0 saturated heterocycles. The lowest BCUT2D eigenvalue weighted by Crippen LogP contribution is -2.45. The number of hydrogen-bond donors (Lipinski definition) is 0. The van der Waals surface area contributed by atoms with Gasteiger partial charge in [-0.15, -0.1) is 0 Å². The van der Waals surface area contributed by atoms with Crippen LogP contribution in [-0.4, -0.2) is 34.1 Å². The Labute approximate surface area is 303 Å². The summed E-state index contributed by atoms with van der Waals surface area (Å²) in [5, 5.41) is 0. The highest BCUT2D eigenvalue weighted by Gasteiger charge is 2.42. The average Bonchev–Trinajstić information content (AvgIpc) is 3.52. The Kier molecular flexibility index (Phi) is 8.37. The average molecular weight is 693 g/mol. The zero-order chi connectivity index (χ0) is 37.1. The number of hydrogen-bond acceptors (Lipinski definition) is 6. The van der Waals surface area contributed by atoms with Crippen LogP contribution in [0.1, 0.15) is 113 Å². The van der Waals surface area contributed by atoms with Gasteiger partial charge in [0.05, 0.1) is 27.9 Å². The van der Waals surface area contributed by atoms with Gasteiger partial charge >= 0.3 is 0 Å². The third kappa shape index (κ3) is 6.04. The SMILES string of the molecule is CC(C)c1ccc(N2C(=O)c3ccc(Oc4ccc(C(C)(C)c5ccc(Oc6ccc7c(c6)C(=O)N(C(C)(C)C)C7=O)cc5)cc4)cc3C2=O)cc1. The molecule has 4 amide bonds. The topological polar surface area (TPSA) is 93.2 Å². The van der Waals surface area contributed by atoms with E-state index in [4.69, 9.17) is 9.47 Å². The number of imide groups is 2. The summed E-state index contributed by atoms with van der Waals surface area (Å²) in [4.78, 5) is 54.9. The molecular weight excluding hydrogens is 652 g/mol. The van der Waals surface area contributed by atoms with Gasteiger partial charge in [0.1, 0.15) is 23.0 Å². The number of nitrogens with zero attached hydrogens (tertiary/aromatic N) is 2. The summed E-state index contributed by atoms with van der Waals surface area (Å²) >= 11 is 0. The summed E-state index contributed by atoms with van der Waals surface area (Å²) in [5.41, 5.74) is 4.22. The van der Waals surface area contributed by atoms with Crippen molar-refractivity contribution < 1.29 is 28.7 Å². The van der Waals surface area contributed by atoms with E-state index in [1.807, 2.05) is 93.6 Å². The predicted molar refractivity (Wildman–Crippen MR) is 200 cm³/mol. The maximum Gasteiger partial charge on any atom is 0.266 e. The van der Waals surface area contributed by atoms with Gasteiger partial charge in [-0.3, -0.25) is 24.1 Å². The summed E-state index contributed by atoms with van der Waals surface area (Å²) in [6.45, 7) is 14.0. The minimum atomic E-state index is -0.624. The van der Waals surface area contributed by atoms with Crippen LogP contribution >= 0.6 is 0 Å². The van der Waals surface area contributed by atoms with Crippen LogP contribution in [0, 0.1) is 0 Å². The first-order chi connectivity index (χ1) is 24.6. The Morgan fingerprint density at radius 3 is 1.35 bits per heavy atom. The second-order valence-corrected chi connectivity index (χ2v) is 15.1. The molecule has 52 heavy (non-hydrogen) atoms. The molecule has 7 rings (SSSR count). The number of benzene rings is 5. The van der Waals surface area contributed by atoms with Crippen LogP contribution in [0.4, 0.5) is 5.69 Å². The van der Waals surface area contributed by atoms with Crippen LogP contribution in [0.5, 0.6) is 23.0 Å². The van der Waals surface area contributed by atoms with Crippen molar-refractivity contribution in [1.29, 1.82) is 0 Å². The molecule has 0 atom stereocenters. The molecule has 262 valence electrons. The lowest BCUT2D eigenvalue weighted by molar-refractivity contribution is 0.0507. The van der Waals surface area contributed by atoms with Gasteiger partial charge in [0.2, 0.25) is 0 Å². The van der Waals surface area contributed by atoms with Crippen LogP contribution in [0.25, 0.3) is 0 Å². The quantitative estimate of drug-likeness (QED) is 0.150. The fourth-order valence-electron chi connectivity index (χ4n) is 6.74. The van der Waals surface area contributed by atoms with E-state index in [1.165, 1.54) is 9.80 Å². The molecule has 0 aromatic heterocycles. The minimum absolute atomic E-state index is 0.293. The van der Waals surface area contributed by atoms with E-state index >= 15 is 0 Å². The number of carbonyl (C=O) groups excluding carboxylic acids is 4. The highest BCUT2D eigenvalue weighted by molar-refractivity contribution is 6.34. The maximum absolute atomic E-state index is 13.4. The maximum atomic E-state index is 13.4. The van der Waals surface area contributed by atoms with Crippen LogP contribution < -0.4 is 14.4 Å². The number of carbonyl (C=O) groups is 4. The van der Waals surface area contributed by atoms with Gasteiger partial charge in [-0.1, -0.05) is 64.1 Å². The van der Waals surface area contributed by atoms with Gasteiger partial charge in [0, 0.05) is 11.0 Å². The molecule has 0 spiro atoms. The first-order valence-electron chi connectivity index (χ1n) is 17.4. The Morgan fingerprint density at radius 2 is 0.885 bits per heavy atom. The van der Waals surface area contributed by atoms with Crippen molar-refractivity contribution in [3.05, 3.63) is 148 Å². The van der Waals surface area contributed by atoms with Crippen molar-refractivity contribution >= 4 is 29.3 Å². The summed E-state index contributed by atoms with van der Waals surface area (Å²) in [5.74, 6) is 1.16. The first kappa shape index (κ1) is 34.4. The van der Waals surface area contributed by atoms with Gasteiger partial charge < -0.3 is 9.47 Å². The predicted octanol–water partition coefficient (Wildman–Crippen LogP) is 9.92. The van der Waals surface area contributed by atoms with E-state index in [2.05, 4.69) is 27.7 Å². The van der Waals surface area contributed by atoms with E-state index in [9.17, 15) is 19.2 Å². The second-order valence-electron chi connectivity index (χ2n) is 15.1. The van der Waals surface area contributed by atoms with E-state index in [1.54, 1.807) is 36.4 Å². The molecule has 0 fully saturated rings. The molecule has 0 N–H and O–H groups in total. The molecular formula is C44H40N2O6.